The molecule has 0 spiro atoms. The Morgan fingerprint density at radius 1 is 1.00 bits per heavy atom. The first kappa shape index (κ1) is 19.3. The minimum absolute atomic E-state index is 0.265. The smallest absolute Gasteiger partial charge is 0.165 e. The Kier molecular flexibility index (Phi) is 5.65. The summed E-state index contributed by atoms with van der Waals surface area (Å²) < 4.78 is 24.7. The summed E-state index contributed by atoms with van der Waals surface area (Å²) >= 11 is 6.18. The van der Waals surface area contributed by atoms with Gasteiger partial charge in [-0.2, -0.15) is 0 Å². The van der Waals surface area contributed by atoms with Crippen molar-refractivity contribution >= 4 is 17.3 Å². The second-order valence-corrected chi connectivity index (χ2v) is 7.90. The topological polar surface area (TPSA) is 24.9 Å². The van der Waals surface area contributed by atoms with Crippen LogP contribution in [0, 0.1) is 5.82 Å². The van der Waals surface area contributed by atoms with E-state index in [9.17, 15) is 4.39 Å². The van der Waals surface area contributed by atoms with Crippen LogP contribution in [0.1, 0.15) is 30.9 Å². The lowest BCUT2D eigenvalue weighted by molar-refractivity contribution is 0.0714. The molecular formula is C22H26ClFN2O2. The molecule has 4 nitrogen and oxygen atoms in total. The highest BCUT2D eigenvalue weighted by molar-refractivity contribution is 6.32. The molecule has 2 fully saturated rings. The maximum absolute atomic E-state index is 14.2. The van der Waals surface area contributed by atoms with Crippen molar-refractivity contribution in [3.05, 3.63) is 52.8 Å². The van der Waals surface area contributed by atoms with E-state index in [0.717, 1.165) is 50.1 Å². The Balaban J connectivity index is 1.52. The maximum Gasteiger partial charge on any atom is 0.165 e. The van der Waals surface area contributed by atoms with E-state index >= 15 is 0 Å². The number of anilines is 1. The Morgan fingerprint density at radius 3 is 2.57 bits per heavy atom. The van der Waals surface area contributed by atoms with Crippen molar-refractivity contribution < 1.29 is 13.9 Å². The average Bonchev–Trinajstić information content (AvgIpc) is 2.73. The van der Waals surface area contributed by atoms with Crippen LogP contribution >= 0.6 is 11.6 Å². The zero-order valence-electron chi connectivity index (χ0n) is 16.3. The number of hydrogen-bond acceptors (Lipinski definition) is 4. The summed E-state index contributed by atoms with van der Waals surface area (Å²) in [4.78, 5) is 4.95. The van der Waals surface area contributed by atoms with Crippen LogP contribution < -0.4 is 14.4 Å². The first-order valence-corrected chi connectivity index (χ1v) is 10.2. The summed E-state index contributed by atoms with van der Waals surface area (Å²) in [7, 11) is 3.14. The van der Waals surface area contributed by atoms with Crippen LogP contribution in [0.4, 0.5) is 10.1 Å². The van der Waals surface area contributed by atoms with E-state index in [4.69, 9.17) is 21.1 Å². The largest absolute Gasteiger partial charge is 0.495 e. The van der Waals surface area contributed by atoms with Crippen molar-refractivity contribution in [3.63, 3.8) is 0 Å². The van der Waals surface area contributed by atoms with E-state index < -0.39 is 0 Å². The molecular weight excluding hydrogens is 379 g/mol. The van der Waals surface area contributed by atoms with Crippen LogP contribution in [0.25, 0.3) is 0 Å². The zero-order chi connectivity index (χ0) is 19.7. The number of ether oxygens (including phenoxy) is 2. The lowest BCUT2D eigenvalue weighted by atomic mass is 9.89. The molecule has 2 heterocycles. The zero-order valence-corrected chi connectivity index (χ0v) is 17.1. The van der Waals surface area contributed by atoms with Crippen molar-refractivity contribution in [3.8, 4) is 11.5 Å². The van der Waals surface area contributed by atoms with Crippen LogP contribution in [0.15, 0.2) is 36.4 Å². The maximum atomic E-state index is 14.2. The molecule has 2 aliphatic heterocycles. The van der Waals surface area contributed by atoms with Crippen molar-refractivity contribution in [1.82, 2.24) is 4.90 Å². The summed E-state index contributed by atoms with van der Waals surface area (Å²) in [5, 5.41) is 0.629. The van der Waals surface area contributed by atoms with E-state index in [1.165, 1.54) is 7.11 Å². The molecule has 0 saturated carbocycles. The molecule has 1 unspecified atom stereocenters. The van der Waals surface area contributed by atoms with Gasteiger partial charge in [-0.05, 0) is 49.1 Å². The van der Waals surface area contributed by atoms with Gasteiger partial charge in [0.2, 0.25) is 0 Å². The lowest BCUT2D eigenvalue weighted by Gasteiger charge is -2.49. The van der Waals surface area contributed by atoms with Gasteiger partial charge >= 0.3 is 0 Å². The Morgan fingerprint density at radius 2 is 1.82 bits per heavy atom. The summed E-state index contributed by atoms with van der Waals surface area (Å²) in [6.07, 6.45) is 3.38. The van der Waals surface area contributed by atoms with Crippen LogP contribution in [0.5, 0.6) is 11.5 Å². The van der Waals surface area contributed by atoms with E-state index in [2.05, 4.69) is 15.9 Å². The monoisotopic (exact) mass is 404 g/mol. The van der Waals surface area contributed by atoms with Crippen LogP contribution in [-0.4, -0.2) is 44.8 Å². The van der Waals surface area contributed by atoms with Gasteiger partial charge in [0, 0.05) is 43.5 Å². The van der Waals surface area contributed by atoms with Crippen molar-refractivity contribution in [2.24, 2.45) is 0 Å². The lowest BCUT2D eigenvalue weighted by Crippen LogP contribution is -2.55. The average molecular weight is 405 g/mol. The van der Waals surface area contributed by atoms with E-state index in [1.54, 1.807) is 19.2 Å². The fourth-order valence-corrected chi connectivity index (χ4v) is 4.77. The first-order valence-electron chi connectivity index (χ1n) is 9.78. The third-order valence-electron chi connectivity index (χ3n) is 6.00. The molecule has 2 aromatic rings. The van der Waals surface area contributed by atoms with Gasteiger partial charge in [-0.25, -0.2) is 4.39 Å². The van der Waals surface area contributed by atoms with E-state index in [1.807, 2.05) is 18.2 Å². The minimum atomic E-state index is -0.283. The summed E-state index contributed by atoms with van der Waals surface area (Å²) in [5.41, 5.74) is 2.18. The predicted octanol–water partition coefficient (Wildman–Crippen LogP) is 4.91. The minimum Gasteiger partial charge on any atom is -0.495 e. The molecule has 6 heteroatoms. The van der Waals surface area contributed by atoms with Gasteiger partial charge in [0.25, 0.3) is 0 Å². The van der Waals surface area contributed by atoms with Crippen molar-refractivity contribution in [2.75, 3.05) is 38.8 Å². The molecule has 0 bridgehead atoms. The molecule has 2 saturated heterocycles. The van der Waals surface area contributed by atoms with Gasteiger partial charge in [-0.3, -0.25) is 4.90 Å². The normalized spacial score (nSPS) is 22.6. The first-order chi connectivity index (χ1) is 13.6. The van der Waals surface area contributed by atoms with E-state index in [-0.39, 0.29) is 11.9 Å². The van der Waals surface area contributed by atoms with Crippen LogP contribution in [-0.2, 0) is 0 Å². The third kappa shape index (κ3) is 3.65. The van der Waals surface area contributed by atoms with Gasteiger partial charge in [0.05, 0.1) is 19.2 Å². The second-order valence-electron chi connectivity index (χ2n) is 7.50. The van der Waals surface area contributed by atoms with Crippen molar-refractivity contribution in [1.29, 1.82) is 0 Å². The molecule has 0 aliphatic carbocycles. The molecule has 0 amide bonds. The standard InChI is InChI=1S/C22H26ClFN2O2/c1-27-21-9-6-15(12-19(21)24)20-5-3-4-17-14-25(10-11-26(17)20)16-7-8-18(23)22(13-16)28-2/h6-9,12-13,17,20H,3-5,10-11,14H2,1-2H3/t17?,20-/m1/s1. The number of hydrogen-bond donors (Lipinski definition) is 0. The van der Waals surface area contributed by atoms with E-state index in [0.29, 0.717) is 22.6 Å². The molecule has 4 rings (SSSR count). The van der Waals surface area contributed by atoms with Gasteiger partial charge in [-0.15, -0.1) is 0 Å². The molecule has 0 aromatic heterocycles. The number of piperazine rings is 1. The van der Waals surface area contributed by atoms with Crippen molar-refractivity contribution in [2.45, 2.75) is 31.3 Å². The highest BCUT2D eigenvalue weighted by Crippen LogP contribution is 2.38. The number of benzene rings is 2. The second kappa shape index (κ2) is 8.18. The van der Waals surface area contributed by atoms with Gasteiger partial charge in [0.1, 0.15) is 5.75 Å². The SMILES string of the molecule is COc1ccc([C@H]2CCCC3CN(c4ccc(Cl)c(OC)c4)CCN32)cc1F. The Labute approximate surface area is 170 Å². The fourth-order valence-electron chi connectivity index (χ4n) is 4.58. The molecule has 0 N–H and O–H groups in total. The molecule has 150 valence electrons. The number of nitrogens with zero attached hydrogens (tertiary/aromatic N) is 2. The third-order valence-corrected chi connectivity index (χ3v) is 6.32. The molecule has 2 aromatic carbocycles. The molecule has 2 atom stereocenters. The Bertz CT molecular complexity index is 847. The number of methoxy groups -OCH3 is 2. The number of fused-ring (bicyclic) bond motifs is 1. The molecule has 28 heavy (non-hydrogen) atoms. The molecule has 0 radical (unpaired) electrons. The van der Waals surface area contributed by atoms with Gasteiger partial charge in [-0.1, -0.05) is 17.7 Å². The molecule has 2 aliphatic rings. The van der Waals surface area contributed by atoms with Gasteiger partial charge < -0.3 is 14.4 Å². The number of rotatable bonds is 4. The highest BCUT2D eigenvalue weighted by atomic mass is 35.5. The Hall–Kier alpha value is -1.98. The number of piperidine rings is 1. The summed E-state index contributed by atoms with van der Waals surface area (Å²) in [6.45, 7) is 2.84. The fraction of sp³-hybridized carbons (Fsp3) is 0.455. The predicted molar refractivity (Wildman–Crippen MR) is 110 cm³/mol. The number of halogens is 2. The summed E-state index contributed by atoms with van der Waals surface area (Å²) in [6, 6.07) is 12.1. The highest BCUT2D eigenvalue weighted by Gasteiger charge is 2.36. The van der Waals surface area contributed by atoms with Gasteiger partial charge in [0.15, 0.2) is 11.6 Å². The van der Waals surface area contributed by atoms with Crippen LogP contribution in [0.2, 0.25) is 5.02 Å². The van der Waals surface area contributed by atoms with Crippen LogP contribution in [0.3, 0.4) is 0 Å². The summed E-state index contributed by atoms with van der Waals surface area (Å²) in [5.74, 6) is 0.725. The quantitative estimate of drug-likeness (QED) is 0.722.